The van der Waals surface area contributed by atoms with E-state index in [4.69, 9.17) is 0 Å². The van der Waals surface area contributed by atoms with E-state index in [0.717, 1.165) is 5.69 Å². The van der Waals surface area contributed by atoms with Crippen LogP contribution in [0.3, 0.4) is 0 Å². The summed E-state index contributed by atoms with van der Waals surface area (Å²) in [6.07, 6.45) is 0. The Hall–Kier alpha value is -1.18. The number of hydrogen-bond acceptors (Lipinski definition) is 2. The Morgan fingerprint density at radius 2 is 1.58 bits per heavy atom. The maximum absolute atomic E-state index is 4.15. The van der Waals surface area contributed by atoms with Gasteiger partial charge < -0.3 is 0 Å². The van der Waals surface area contributed by atoms with Gasteiger partial charge in [-0.2, -0.15) is 10.2 Å². The van der Waals surface area contributed by atoms with E-state index in [1.54, 1.807) is 0 Å². The monoisotopic (exact) mass is 162 g/mol. The molecule has 0 aliphatic heterocycles. The van der Waals surface area contributed by atoms with Gasteiger partial charge in [0.15, 0.2) is 0 Å². The molecule has 0 aliphatic carbocycles. The molecule has 0 saturated carbocycles. The molecule has 0 N–H and O–H groups in total. The SMILES string of the molecule is CC(C)(C)/N=N/c1ccccc1. The summed E-state index contributed by atoms with van der Waals surface area (Å²) in [6, 6.07) is 9.76. The first-order valence-corrected chi connectivity index (χ1v) is 4.06. The van der Waals surface area contributed by atoms with Crippen molar-refractivity contribution in [3.05, 3.63) is 30.3 Å². The second-order valence-electron chi connectivity index (χ2n) is 3.71. The largest absolute Gasteiger partial charge is 0.183 e. The van der Waals surface area contributed by atoms with Crippen LogP contribution in [-0.4, -0.2) is 5.54 Å². The van der Waals surface area contributed by atoms with Gasteiger partial charge in [-0.25, -0.2) is 0 Å². The van der Waals surface area contributed by atoms with Crippen molar-refractivity contribution in [1.82, 2.24) is 0 Å². The zero-order valence-electron chi connectivity index (χ0n) is 7.78. The maximum Gasteiger partial charge on any atom is 0.0852 e. The third-order valence-corrected chi connectivity index (χ3v) is 1.22. The third kappa shape index (κ3) is 3.28. The Bertz CT molecular complexity index is 257. The van der Waals surface area contributed by atoms with Gasteiger partial charge in [0, 0.05) is 0 Å². The second kappa shape index (κ2) is 3.48. The van der Waals surface area contributed by atoms with Crippen LogP contribution in [0.5, 0.6) is 0 Å². The highest BCUT2D eigenvalue weighted by Crippen LogP contribution is 2.15. The molecular weight excluding hydrogens is 148 g/mol. The summed E-state index contributed by atoms with van der Waals surface area (Å²) in [6.45, 7) is 6.08. The lowest BCUT2D eigenvalue weighted by molar-refractivity contribution is 0.552. The lowest BCUT2D eigenvalue weighted by Gasteiger charge is -2.08. The van der Waals surface area contributed by atoms with Crippen molar-refractivity contribution < 1.29 is 0 Å². The predicted molar refractivity (Wildman–Crippen MR) is 50.7 cm³/mol. The van der Waals surface area contributed by atoms with E-state index in [2.05, 4.69) is 10.2 Å². The number of nitrogens with zero attached hydrogens (tertiary/aromatic N) is 2. The van der Waals surface area contributed by atoms with Crippen LogP contribution in [0.4, 0.5) is 5.69 Å². The van der Waals surface area contributed by atoms with Gasteiger partial charge in [0.2, 0.25) is 0 Å². The lowest BCUT2D eigenvalue weighted by Crippen LogP contribution is -2.07. The molecule has 1 rings (SSSR count). The van der Waals surface area contributed by atoms with Gasteiger partial charge in [0.1, 0.15) is 0 Å². The minimum Gasteiger partial charge on any atom is -0.183 e. The number of azo groups is 1. The molecule has 0 radical (unpaired) electrons. The van der Waals surface area contributed by atoms with Gasteiger partial charge in [-0.05, 0) is 32.9 Å². The van der Waals surface area contributed by atoms with Crippen LogP contribution >= 0.6 is 0 Å². The second-order valence-corrected chi connectivity index (χ2v) is 3.71. The molecule has 1 aromatic carbocycles. The summed E-state index contributed by atoms with van der Waals surface area (Å²) >= 11 is 0. The topological polar surface area (TPSA) is 24.7 Å². The van der Waals surface area contributed by atoms with Crippen LogP contribution in [0, 0.1) is 0 Å². The van der Waals surface area contributed by atoms with Crippen molar-refractivity contribution in [2.45, 2.75) is 26.3 Å². The highest BCUT2D eigenvalue weighted by Gasteiger charge is 2.05. The maximum atomic E-state index is 4.15. The van der Waals surface area contributed by atoms with Crippen molar-refractivity contribution in [2.75, 3.05) is 0 Å². The summed E-state index contributed by atoms with van der Waals surface area (Å²) in [7, 11) is 0. The fourth-order valence-corrected chi connectivity index (χ4v) is 0.702. The van der Waals surface area contributed by atoms with Crippen molar-refractivity contribution in [3.8, 4) is 0 Å². The Kier molecular flexibility index (Phi) is 2.58. The quantitative estimate of drug-likeness (QED) is 0.564. The molecule has 2 nitrogen and oxygen atoms in total. The molecule has 0 bridgehead atoms. The number of benzene rings is 1. The highest BCUT2D eigenvalue weighted by molar-refractivity contribution is 5.34. The molecule has 0 atom stereocenters. The molecule has 0 unspecified atom stereocenters. The van der Waals surface area contributed by atoms with E-state index >= 15 is 0 Å². The van der Waals surface area contributed by atoms with Crippen LogP contribution in [0.15, 0.2) is 40.6 Å². The van der Waals surface area contributed by atoms with E-state index in [-0.39, 0.29) is 5.54 Å². The summed E-state index contributed by atoms with van der Waals surface area (Å²) in [5, 5.41) is 8.25. The zero-order valence-corrected chi connectivity index (χ0v) is 7.78. The molecule has 0 aromatic heterocycles. The van der Waals surface area contributed by atoms with Gasteiger partial charge in [-0.3, -0.25) is 0 Å². The van der Waals surface area contributed by atoms with Crippen molar-refractivity contribution in [1.29, 1.82) is 0 Å². The Morgan fingerprint density at radius 3 is 2.08 bits per heavy atom. The minimum absolute atomic E-state index is 0.0875. The molecule has 2 heteroatoms. The summed E-state index contributed by atoms with van der Waals surface area (Å²) < 4.78 is 0. The van der Waals surface area contributed by atoms with Gasteiger partial charge in [0.05, 0.1) is 11.2 Å². The van der Waals surface area contributed by atoms with E-state index in [1.165, 1.54) is 0 Å². The van der Waals surface area contributed by atoms with Crippen molar-refractivity contribution in [2.24, 2.45) is 10.2 Å². The molecule has 0 aliphatic rings. The Morgan fingerprint density at radius 1 is 1.00 bits per heavy atom. The van der Waals surface area contributed by atoms with E-state index in [0.29, 0.717) is 0 Å². The van der Waals surface area contributed by atoms with E-state index < -0.39 is 0 Å². The van der Waals surface area contributed by atoms with Crippen molar-refractivity contribution >= 4 is 5.69 Å². The average molecular weight is 162 g/mol. The van der Waals surface area contributed by atoms with Crippen molar-refractivity contribution in [3.63, 3.8) is 0 Å². The average Bonchev–Trinajstić information content (AvgIpc) is 2.02. The lowest BCUT2D eigenvalue weighted by atomic mass is 10.1. The molecule has 12 heavy (non-hydrogen) atoms. The smallest absolute Gasteiger partial charge is 0.0852 e. The van der Waals surface area contributed by atoms with Crippen LogP contribution in [-0.2, 0) is 0 Å². The van der Waals surface area contributed by atoms with E-state index in [9.17, 15) is 0 Å². The molecule has 0 saturated heterocycles. The molecule has 1 aromatic rings. The number of rotatable bonds is 1. The predicted octanol–water partition coefficient (Wildman–Crippen LogP) is 3.57. The zero-order chi connectivity index (χ0) is 9.03. The normalized spacial score (nSPS) is 12.2. The molecule has 64 valence electrons. The molecule has 0 heterocycles. The third-order valence-electron chi connectivity index (χ3n) is 1.22. The van der Waals surface area contributed by atoms with Crippen LogP contribution in [0.2, 0.25) is 0 Å². The molecule has 0 fully saturated rings. The van der Waals surface area contributed by atoms with Gasteiger partial charge in [-0.1, -0.05) is 18.2 Å². The molecular formula is C10H14N2. The Balaban J connectivity index is 2.71. The fraction of sp³-hybridized carbons (Fsp3) is 0.400. The van der Waals surface area contributed by atoms with Crippen LogP contribution in [0.25, 0.3) is 0 Å². The summed E-state index contributed by atoms with van der Waals surface area (Å²) in [4.78, 5) is 0. The standard InChI is InChI=1S/C10H14N2/c1-10(2,3)12-11-9-7-5-4-6-8-9/h4-8H,1-3H3/b12-11+. The fourth-order valence-electron chi connectivity index (χ4n) is 0.702. The van der Waals surface area contributed by atoms with Gasteiger partial charge in [0.25, 0.3) is 0 Å². The number of hydrogen-bond donors (Lipinski definition) is 0. The van der Waals surface area contributed by atoms with Crippen LogP contribution in [0.1, 0.15) is 20.8 Å². The van der Waals surface area contributed by atoms with E-state index in [1.807, 2.05) is 51.1 Å². The molecule has 0 amide bonds. The van der Waals surface area contributed by atoms with Gasteiger partial charge in [-0.15, -0.1) is 0 Å². The summed E-state index contributed by atoms with van der Waals surface area (Å²) in [5.74, 6) is 0. The highest BCUT2D eigenvalue weighted by atomic mass is 15.1. The Labute approximate surface area is 73.3 Å². The summed E-state index contributed by atoms with van der Waals surface area (Å²) in [5.41, 5.74) is 0.822. The minimum atomic E-state index is -0.0875. The molecule has 0 spiro atoms. The van der Waals surface area contributed by atoms with Crippen LogP contribution < -0.4 is 0 Å². The first-order chi connectivity index (χ1) is 5.58. The first-order valence-electron chi connectivity index (χ1n) is 4.06. The first kappa shape index (κ1) is 8.91. The van der Waals surface area contributed by atoms with Gasteiger partial charge >= 0.3 is 0 Å².